The van der Waals surface area contributed by atoms with Crippen LogP contribution in [-0.4, -0.2) is 132 Å². The second-order valence-corrected chi connectivity index (χ2v) is 9.02. The number of nitrogens with one attached hydrogen (secondary N) is 1. The molecule has 4 atom stereocenters. The zero-order chi connectivity index (χ0) is 28.7. The number of aliphatic hydroxyl groups excluding tert-OH is 3. The predicted molar refractivity (Wildman–Crippen MR) is 150 cm³/mol. The Kier molecular flexibility index (Phi) is 34.2. The smallest absolute Gasteiger partial charge is 0.104 e. The molecule has 232 valence electrons. The van der Waals surface area contributed by atoms with Gasteiger partial charge in [0.15, 0.2) is 0 Å². The van der Waals surface area contributed by atoms with Gasteiger partial charge in [0.25, 0.3) is 0 Å². The fourth-order valence-electron chi connectivity index (χ4n) is 2.52. The molecule has 1 fully saturated rings. The number of hydrogen-bond acceptors (Lipinski definition) is 12. The molecule has 0 radical (unpaired) electrons. The van der Waals surface area contributed by atoms with Crippen molar-refractivity contribution >= 4 is 0 Å². The third-order valence-corrected chi connectivity index (χ3v) is 5.10. The lowest BCUT2D eigenvalue weighted by Crippen LogP contribution is -2.33. The number of aliphatic hydroxyl groups is 3. The van der Waals surface area contributed by atoms with Crippen molar-refractivity contribution in [1.29, 1.82) is 0 Å². The lowest BCUT2D eigenvalue weighted by Gasteiger charge is -2.12. The van der Waals surface area contributed by atoms with E-state index in [1.165, 1.54) is 0 Å². The molecule has 38 heavy (non-hydrogen) atoms. The molecule has 0 saturated carbocycles. The molecule has 12 heteroatoms. The van der Waals surface area contributed by atoms with E-state index in [2.05, 4.69) is 5.32 Å². The van der Waals surface area contributed by atoms with Crippen molar-refractivity contribution in [3.05, 3.63) is 0 Å². The van der Waals surface area contributed by atoms with E-state index in [-0.39, 0.29) is 12.2 Å². The van der Waals surface area contributed by atoms with Crippen LogP contribution in [0.25, 0.3) is 0 Å². The molecule has 1 heterocycles. The summed E-state index contributed by atoms with van der Waals surface area (Å²) in [7, 11) is 0. The summed E-state index contributed by atoms with van der Waals surface area (Å²) in [5.41, 5.74) is 15.1. The summed E-state index contributed by atoms with van der Waals surface area (Å²) in [6.07, 6.45) is 4.48. The van der Waals surface area contributed by atoms with Gasteiger partial charge in [0.1, 0.15) is 6.10 Å². The van der Waals surface area contributed by atoms with E-state index in [0.29, 0.717) is 78.5 Å². The second kappa shape index (κ2) is 32.7. The maximum Gasteiger partial charge on any atom is 0.104 e. The molecule has 0 amide bonds. The summed E-state index contributed by atoms with van der Waals surface area (Å²) in [6.45, 7) is 12.4. The maximum atomic E-state index is 9.52. The molecule has 0 spiro atoms. The first-order valence-electron chi connectivity index (χ1n) is 14.2. The van der Waals surface area contributed by atoms with Gasteiger partial charge in [0.2, 0.25) is 0 Å². The van der Waals surface area contributed by atoms with Gasteiger partial charge in [-0.3, -0.25) is 0 Å². The summed E-state index contributed by atoms with van der Waals surface area (Å²) in [6, 6.07) is 0. The fraction of sp³-hybridized carbons (Fsp3) is 1.00. The third kappa shape index (κ3) is 35.5. The quantitative estimate of drug-likeness (QED) is 0.0554. The third-order valence-electron chi connectivity index (χ3n) is 5.10. The number of ether oxygens (including phenoxy) is 5. The predicted octanol–water partition coefficient (Wildman–Crippen LogP) is -0.647. The van der Waals surface area contributed by atoms with E-state index in [1.807, 2.05) is 13.8 Å². The summed E-state index contributed by atoms with van der Waals surface area (Å²) in [5.74, 6) is 0. The average molecular weight is 557 g/mol. The van der Waals surface area contributed by atoms with Crippen molar-refractivity contribution in [2.24, 2.45) is 17.2 Å². The molecule has 4 unspecified atom stereocenters. The molecule has 1 aliphatic heterocycles. The molecule has 0 aliphatic carbocycles. The van der Waals surface area contributed by atoms with Crippen LogP contribution in [0.4, 0.5) is 0 Å². The highest BCUT2D eigenvalue weighted by Crippen LogP contribution is 2.08. The summed E-state index contributed by atoms with van der Waals surface area (Å²) >= 11 is 0. The largest absolute Gasteiger partial charge is 0.391 e. The molecule has 1 aliphatic rings. The molecule has 1 rings (SSSR count). The van der Waals surface area contributed by atoms with Gasteiger partial charge in [-0.2, -0.15) is 0 Å². The van der Waals surface area contributed by atoms with Gasteiger partial charge >= 0.3 is 0 Å². The van der Waals surface area contributed by atoms with Crippen molar-refractivity contribution in [3.63, 3.8) is 0 Å². The van der Waals surface area contributed by atoms with Crippen LogP contribution in [0.3, 0.4) is 0 Å². The summed E-state index contributed by atoms with van der Waals surface area (Å²) < 4.78 is 26.3. The number of unbranched alkanes of at least 4 members (excludes halogenated alkanes) is 2. The standard InChI is InChI=1S/C13H30N2O4.C11H22O4.C2H8N2/c1-2-12(16)10-18-7-3-4-8-19-11-13(17)9-15-6-5-14;1-2-10(12)7-13-5-3-4-6-14-8-11-9-15-11;3-1-2-4/h12-13,15-17H,2-11,14H2,1H3;10-12H,2-9H2,1H3;1-4H2. The molecule has 0 aromatic rings. The molecule has 0 aromatic heterocycles. The van der Waals surface area contributed by atoms with Crippen molar-refractivity contribution in [2.45, 2.75) is 76.8 Å². The van der Waals surface area contributed by atoms with Crippen molar-refractivity contribution in [1.82, 2.24) is 5.32 Å². The minimum absolute atomic E-state index is 0.312. The van der Waals surface area contributed by atoms with Crippen molar-refractivity contribution in [3.8, 4) is 0 Å². The zero-order valence-electron chi connectivity index (χ0n) is 24.1. The molecular formula is C26H60N4O8. The van der Waals surface area contributed by atoms with Gasteiger partial charge in [-0.15, -0.1) is 0 Å². The van der Waals surface area contributed by atoms with Crippen molar-refractivity contribution < 1.29 is 39.0 Å². The minimum Gasteiger partial charge on any atom is -0.391 e. The first kappa shape index (κ1) is 39.7. The summed E-state index contributed by atoms with van der Waals surface area (Å²) in [4.78, 5) is 0. The monoisotopic (exact) mass is 556 g/mol. The van der Waals surface area contributed by atoms with Crippen LogP contribution < -0.4 is 22.5 Å². The number of nitrogens with two attached hydrogens (primary N) is 3. The molecule has 12 nitrogen and oxygen atoms in total. The number of rotatable bonds is 25. The Morgan fingerprint density at radius 2 is 1.13 bits per heavy atom. The number of hydrogen-bond donors (Lipinski definition) is 7. The summed E-state index contributed by atoms with van der Waals surface area (Å²) in [5, 5.41) is 31.0. The van der Waals surface area contributed by atoms with Gasteiger partial charge in [-0.05, 0) is 38.5 Å². The molecule has 0 bridgehead atoms. The van der Waals surface area contributed by atoms with Crippen LogP contribution in [0.15, 0.2) is 0 Å². The van der Waals surface area contributed by atoms with Gasteiger partial charge in [0, 0.05) is 59.2 Å². The van der Waals surface area contributed by atoms with Gasteiger partial charge < -0.3 is 61.5 Å². The van der Waals surface area contributed by atoms with Gasteiger partial charge in [-0.25, -0.2) is 0 Å². The van der Waals surface area contributed by atoms with Gasteiger partial charge in [-0.1, -0.05) is 13.8 Å². The molecule has 0 aromatic carbocycles. The fourth-order valence-corrected chi connectivity index (χ4v) is 2.52. The van der Waals surface area contributed by atoms with Crippen LogP contribution in [0.5, 0.6) is 0 Å². The Labute approximate surface area is 230 Å². The Morgan fingerprint density at radius 3 is 1.50 bits per heavy atom. The van der Waals surface area contributed by atoms with Crippen LogP contribution in [0, 0.1) is 0 Å². The topological polar surface area (TPSA) is 200 Å². The average Bonchev–Trinajstić information content (AvgIpc) is 3.76. The highest BCUT2D eigenvalue weighted by molar-refractivity contribution is 4.67. The zero-order valence-corrected chi connectivity index (χ0v) is 24.1. The van der Waals surface area contributed by atoms with E-state index in [4.69, 9.17) is 40.9 Å². The first-order valence-corrected chi connectivity index (χ1v) is 14.2. The van der Waals surface area contributed by atoms with E-state index >= 15 is 0 Å². The Hall–Kier alpha value is -0.480. The first-order chi connectivity index (χ1) is 18.4. The molecular weight excluding hydrogens is 496 g/mol. The number of epoxide rings is 1. The SMILES string of the molecule is CCC(O)COCCCCOCC(O)CNCCN.CCC(O)COCCCCOCC1CO1.NCCN. The Bertz CT molecular complexity index is 438. The van der Waals surface area contributed by atoms with E-state index in [0.717, 1.165) is 58.3 Å². The Balaban J connectivity index is 0. The van der Waals surface area contributed by atoms with E-state index in [1.54, 1.807) is 0 Å². The van der Waals surface area contributed by atoms with Crippen LogP contribution >= 0.6 is 0 Å². The van der Waals surface area contributed by atoms with Crippen LogP contribution in [0.2, 0.25) is 0 Å². The van der Waals surface area contributed by atoms with E-state index < -0.39 is 6.10 Å². The maximum absolute atomic E-state index is 9.52. The normalized spacial score (nSPS) is 16.6. The van der Waals surface area contributed by atoms with E-state index in [9.17, 15) is 15.3 Å². The highest BCUT2D eigenvalue weighted by atomic mass is 16.6. The van der Waals surface area contributed by atoms with Crippen LogP contribution in [0.1, 0.15) is 52.4 Å². The highest BCUT2D eigenvalue weighted by Gasteiger charge is 2.21. The second-order valence-electron chi connectivity index (χ2n) is 9.02. The van der Waals surface area contributed by atoms with Crippen molar-refractivity contribution in [2.75, 3.05) is 92.2 Å². The van der Waals surface area contributed by atoms with Gasteiger partial charge in [0.05, 0.1) is 51.3 Å². The lowest BCUT2D eigenvalue weighted by molar-refractivity contribution is 0.0207. The molecule has 10 N–H and O–H groups in total. The minimum atomic E-state index is -0.484. The Morgan fingerprint density at radius 1 is 0.711 bits per heavy atom. The van der Waals surface area contributed by atoms with Crippen LogP contribution in [-0.2, 0) is 23.7 Å². The lowest BCUT2D eigenvalue weighted by atomic mass is 10.3. The molecule has 1 saturated heterocycles.